The first-order valence-corrected chi connectivity index (χ1v) is 7.69. The highest BCUT2D eigenvalue weighted by Gasteiger charge is 2.41. The molecule has 0 radical (unpaired) electrons. The Balaban J connectivity index is 1.83. The van der Waals surface area contributed by atoms with Gasteiger partial charge in [-0.2, -0.15) is 0 Å². The van der Waals surface area contributed by atoms with E-state index in [4.69, 9.17) is 4.74 Å². The number of hydrogen-bond acceptors (Lipinski definition) is 3. The third kappa shape index (κ3) is 3.69. The average molecular weight is 268 g/mol. The molecule has 2 aliphatic rings. The van der Waals surface area contributed by atoms with E-state index in [1.807, 2.05) is 4.90 Å². The molecule has 2 rings (SSSR count). The van der Waals surface area contributed by atoms with Gasteiger partial charge in [-0.15, -0.1) is 0 Å². The predicted octanol–water partition coefficient (Wildman–Crippen LogP) is 1.75. The van der Waals surface area contributed by atoms with Gasteiger partial charge >= 0.3 is 0 Å². The van der Waals surface area contributed by atoms with E-state index in [0.717, 1.165) is 44.9 Å². The second-order valence-electron chi connectivity index (χ2n) is 6.40. The number of amides is 1. The first kappa shape index (κ1) is 14.8. The molecule has 2 fully saturated rings. The van der Waals surface area contributed by atoms with Gasteiger partial charge in [-0.3, -0.25) is 4.79 Å². The fraction of sp³-hybridized carbons (Fsp3) is 0.933. The maximum atomic E-state index is 11.7. The molecule has 0 saturated carbocycles. The van der Waals surface area contributed by atoms with Crippen molar-refractivity contribution in [3.63, 3.8) is 0 Å². The number of likely N-dealkylation sites (N-methyl/N-ethyl adjacent to an activating group) is 1. The van der Waals surface area contributed by atoms with Crippen molar-refractivity contribution in [1.82, 2.24) is 9.80 Å². The van der Waals surface area contributed by atoms with E-state index >= 15 is 0 Å². The van der Waals surface area contributed by atoms with Gasteiger partial charge in [0, 0.05) is 26.2 Å². The van der Waals surface area contributed by atoms with Crippen LogP contribution in [0, 0.1) is 5.92 Å². The Kier molecular flexibility index (Phi) is 4.85. The molecule has 110 valence electrons. The van der Waals surface area contributed by atoms with Gasteiger partial charge in [-0.1, -0.05) is 13.8 Å². The van der Waals surface area contributed by atoms with Gasteiger partial charge in [0.25, 0.3) is 0 Å². The lowest BCUT2D eigenvalue weighted by molar-refractivity contribution is -0.171. The Morgan fingerprint density at radius 3 is 2.58 bits per heavy atom. The molecule has 0 bridgehead atoms. The van der Waals surface area contributed by atoms with Crippen LogP contribution in [0.2, 0.25) is 0 Å². The minimum absolute atomic E-state index is 0.0573. The molecule has 1 spiro atoms. The van der Waals surface area contributed by atoms with Gasteiger partial charge < -0.3 is 14.5 Å². The van der Waals surface area contributed by atoms with Crippen LogP contribution >= 0.6 is 0 Å². The first-order valence-electron chi connectivity index (χ1n) is 7.69. The quantitative estimate of drug-likeness (QED) is 0.778. The molecule has 0 aliphatic carbocycles. The third-order valence-electron chi connectivity index (χ3n) is 4.51. The Bertz CT molecular complexity index is 309. The zero-order valence-electron chi connectivity index (χ0n) is 12.7. The number of carbonyl (C=O) groups is 1. The fourth-order valence-corrected chi connectivity index (χ4v) is 3.00. The van der Waals surface area contributed by atoms with Crippen LogP contribution in [0.15, 0.2) is 0 Å². The number of morpholine rings is 1. The smallest absolute Gasteiger partial charge is 0.248 e. The van der Waals surface area contributed by atoms with Crippen molar-refractivity contribution in [1.29, 1.82) is 0 Å². The molecule has 0 N–H and O–H groups in total. The molecule has 0 aromatic rings. The van der Waals surface area contributed by atoms with Crippen LogP contribution < -0.4 is 0 Å². The summed E-state index contributed by atoms with van der Waals surface area (Å²) < 4.78 is 5.91. The van der Waals surface area contributed by atoms with Crippen LogP contribution in [0.25, 0.3) is 0 Å². The topological polar surface area (TPSA) is 32.8 Å². The van der Waals surface area contributed by atoms with Crippen molar-refractivity contribution in [2.45, 2.75) is 45.6 Å². The normalized spacial score (nSPS) is 24.4. The lowest BCUT2D eigenvalue weighted by Crippen LogP contribution is -2.58. The number of likely N-dealkylation sites (tertiary alicyclic amines) is 1. The van der Waals surface area contributed by atoms with Crippen LogP contribution in [0.1, 0.15) is 40.0 Å². The van der Waals surface area contributed by atoms with Crippen molar-refractivity contribution < 1.29 is 9.53 Å². The van der Waals surface area contributed by atoms with Crippen molar-refractivity contribution in [2.24, 2.45) is 5.92 Å². The maximum absolute atomic E-state index is 11.7. The van der Waals surface area contributed by atoms with Gasteiger partial charge in [0.15, 0.2) is 0 Å². The minimum Gasteiger partial charge on any atom is -0.363 e. The Morgan fingerprint density at radius 2 is 2.00 bits per heavy atom. The van der Waals surface area contributed by atoms with E-state index in [0.29, 0.717) is 0 Å². The molecule has 0 atom stereocenters. The van der Waals surface area contributed by atoms with Gasteiger partial charge in [-0.25, -0.2) is 0 Å². The SMILES string of the molecule is CCN1CC2(CCN(CCC(C)C)CC2)OCC1=O. The van der Waals surface area contributed by atoms with Gasteiger partial charge in [0.05, 0.1) is 5.60 Å². The summed E-state index contributed by atoms with van der Waals surface area (Å²) in [6.07, 6.45) is 3.40. The molecule has 4 heteroatoms. The molecule has 0 unspecified atom stereocenters. The van der Waals surface area contributed by atoms with E-state index in [2.05, 4.69) is 25.7 Å². The number of nitrogens with zero attached hydrogens (tertiary/aromatic N) is 2. The summed E-state index contributed by atoms with van der Waals surface area (Å²) in [4.78, 5) is 16.2. The summed E-state index contributed by atoms with van der Waals surface area (Å²) in [5.41, 5.74) is -0.0573. The summed E-state index contributed by atoms with van der Waals surface area (Å²) in [6, 6.07) is 0. The Hall–Kier alpha value is -0.610. The van der Waals surface area contributed by atoms with Crippen molar-refractivity contribution >= 4 is 5.91 Å². The lowest BCUT2D eigenvalue weighted by Gasteiger charge is -2.47. The van der Waals surface area contributed by atoms with E-state index in [-0.39, 0.29) is 18.1 Å². The van der Waals surface area contributed by atoms with E-state index in [9.17, 15) is 4.79 Å². The first-order chi connectivity index (χ1) is 9.04. The monoisotopic (exact) mass is 268 g/mol. The highest BCUT2D eigenvalue weighted by Crippen LogP contribution is 2.30. The standard InChI is InChI=1S/C15H28N2O2/c1-4-17-12-15(19-11-14(17)18)6-9-16(10-7-15)8-5-13(2)3/h13H,4-12H2,1-3H3. The minimum atomic E-state index is -0.0573. The fourth-order valence-electron chi connectivity index (χ4n) is 3.00. The maximum Gasteiger partial charge on any atom is 0.248 e. The Labute approximate surface area is 117 Å². The van der Waals surface area contributed by atoms with Crippen LogP contribution in [0.4, 0.5) is 0 Å². The second kappa shape index (κ2) is 6.23. The van der Waals surface area contributed by atoms with E-state index < -0.39 is 0 Å². The Morgan fingerprint density at radius 1 is 1.32 bits per heavy atom. The molecule has 2 heterocycles. The number of hydrogen-bond donors (Lipinski definition) is 0. The molecule has 4 nitrogen and oxygen atoms in total. The summed E-state index contributed by atoms with van der Waals surface area (Å²) in [5, 5.41) is 0. The molecule has 2 aliphatic heterocycles. The molecule has 2 saturated heterocycles. The average Bonchev–Trinajstić information content (AvgIpc) is 2.41. The van der Waals surface area contributed by atoms with E-state index in [1.165, 1.54) is 13.0 Å². The van der Waals surface area contributed by atoms with Crippen LogP contribution in [-0.4, -0.2) is 60.6 Å². The van der Waals surface area contributed by atoms with Crippen LogP contribution in [0.5, 0.6) is 0 Å². The second-order valence-corrected chi connectivity index (χ2v) is 6.40. The van der Waals surface area contributed by atoms with Crippen molar-refractivity contribution in [2.75, 3.05) is 39.3 Å². The number of ether oxygens (including phenoxy) is 1. The van der Waals surface area contributed by atoms with Crippen LogP contribution in [-0.2, 0) is 9.53 Å². The van der Waals surface area contributed by atoms with Gasteiger partial charge in [0.1, 0.15) is 6.61 Å². The zero-order valence-corrected chi connectivity index (χ0v) is 12.7. The summed E-state index contributed by atoms with van der Waals surface area (Å²) >= 11 is 0. The molecular weight excluding hydrogens is 240 g/mol. The van der Waals surface area contributed by atoms with Crippen molar-refractivity contribution in [3.05, 3.63) is 0 Å². The number of carbonyl (C=O) groups excluding carboxylic acids is 1. The molecule has 19 heavy (non-hydrogen) atoms. The van der Waals surface area contributed by atoms with E-state index in [1.54, 1.807) is 0 Å². The van der Waals surface area contributed by atoms with Gasteiger partial charge in [-0.05, 0) is 38.6 Å². The van der Waals surface area contributed by atoms with Crippen LogP contribution in [0.3, 0.4) is 0 Å². The number of piperidine rings is 1. The van der Waals surface area contributed by atoms with Crippen molar-refractivity contribution in [3.8, 4) is 0 Å². The summed E-state index contributed by atoms with van der Waals surface area (Å²) in [7, 11) is 0. The molecule has 0 aromatic heterocycles. The predicted molar refractivity (Wildman–Crippen MR) is 76.1 cm³/mol. The molecule has 0 aromatic carbocycles. The molecular formula is C15H28N2O2. The highest BCUT2D eigenvalue weighted by atomic mass is 16.5. The largest absolute Gasteiger partial charge is 0.363 e. The van der Waals surface area contributed by atoms with Gasteiger partial charge in [0.2, 0.25) is 5.91 Å². The highest BCUT2D eigenvalue weighted by molar-refractivity contribution is 5.78. The number of rotatable bonds is 4. The summed E-state index contributed by atoms with van der Waals surface area (Å²) in [5.74, 6) is 0.922. The summed E-state index contributed by atoms with van der Waals surface area (Å²) in [6.45, 7) is 11.9. The lowest BCUT2D eigenvalue weighted by atomic mass is 9.89. The molecule has 1 amide bonds. The zero-order chi connectivity index (χ0) is 13.9. The third-order valence-corrected chi connectivity index (χ3v) is 4.51.